The molecule has 2 aromatic heterocycles. The van der Waals surface area contributed by atoms with E-state index in [1.165, 1.54) is 6.42 Å². The van der Waals surface area contributed by atoms with Crippen LogP contribution in [0.25, 0.3) is 0 Å². The Hall–Kier alpha value is -2.04. The van der Waals surface area contributed by atoms with Crippen LogP contribution in [-0.2, 0) is 24.2 Å². The maximum Gasteiger partial charge on any atom is 0.220 e. The van der Waals surface area contributed by atoms with Crippen molar-refractivity contribution in [2.75, 3.05) is 0 Å². The molecule has 1 N–H and O–H groups in total. The van der Waals surface area contributed by atoms with Crippen molar-refractivity contribution in [1.82, 2.24) is 14.9 Å². The number of hydrogen-bond acceptors (Lipinski definition) is 3. The number of rotatable bonds is 5. The molecule has 0 bridgehead atoms. The molecule has 5 nitrogen and oxygen atoms in total. The summed E-state index contributed by atoms with van der Waals surface area (Å²) in [6.07, 6.45) is 8.10. The zero-order valence-electron chi connectivity index (χ0n) is 13.5. The van der Waals surface area contributed by atoms with E-state index in [4.69, 9.17) is 4.42 Å². The summed E-state index contributed by atoms with van der Waals surface area (Å²) in [5.41, 5.74) is 0. The molecule has 23 heavy (non-hydrogen) atoms. The minimum absolute atomic E-state index is 0.108. The second-order valence-corrected chi connectivity index (χ2v) is 6.92. The highest BCUT2D eigenvalue weighted by molar-refractivity contribution is 5.76. The lowest BCUT2D eigenvalue weighted by Crippen LogP contribution is -2.40. The van der Waals surface area contributed by atoms with Gasteiger partial charge in [0.2, 0.25) is 5.91 Å². The number of imidazole rings is 1. The Labute approximate surface area is 136 Å². The van der Waals surface area contributed by atoms with Gasteiger partial charge in [-0.05, 0) is 30.9 Å². The molecule has 1 aliphatic carbocycles. The van der Waals surface area contributed by atoms with Crippen LogP contribution >= 0.6 is 0 Å². The maximum absolute atomic E-state index is 12.2. The Kier molecular flexibility index (Phi) is 3.71. The molecule has 0 radical (unpaired) electrons. The SMILES string of the molecule is CC1CC1c1ccc(CCC(=O)NC2CCc3nccn3C2)o1. The number of nitrogens with zero attached hydrogens (tertiary/aromatic N) is 2. The number of aromatic nitrogens is 2. The van der Waals surface area contributed by atoms with Crippen molar-refractivity contribution in [2.24, 2.45) is 5.92 Å². The third kappa shape index (κ3) is 3.19. The van der Waals surface area contributed by atoms with Crippen LogP contribution in [0.2, 0.25) is 0 Å². The molecule has 5 heteroatoms. The van der Waals surface area contributed by atoms with Crippen LogP contribution in [0.1, 0.15) is 49.4 Å². The van der Waals surface area contributed by atoms with Crippen molar-refractivity contribution >= 4 is 5.91 Å². The van der Waals surface area contributed by atoms with Gasteiger partial charge in [-0.15, -0.1) is 0 Å². The van der Waals surface area contributed by atoms with E-state index in [0.717, 1.165) is 42.6 Å². The predicted octanol–water partition coefficient (Wildman–Crippen LogP) is 2.66. The Morgan fingerprint density at radius 1 is 1.48 bits per heavy atom. The van der Waals surface area contributed by atoms with Gasteiger partial charge in [-0.25, -0.2) is 4.98 Å². The summed E-state index contributed by atoms with van der Waals surface area (Å²) < 4.78 is 7.99. The number of fused-ring (bicyclic) bond motifs is 1. The lowest BCUT2D eigenvalue weighted by atomic mass is 10.1. The fourth-order valence-corrected chi connectivity index (χ4v) is 3.47. The summed E-state index contributed by atoms with van der Waals surface area (Å²) in [6, 6.07) is 4.30. The normalized spacial score (nSPS) is 25.9. The fourth-order valence-electron chi connectivity index (χ4n) is 3.47. The van der Waals surface area contributed by atoms with Gasteiger partial charge in [-0.2, -0.15) is 0 Å². The van der Waals surface area contributed by atoms with Gasteiger partial charge in [-0.3, -0.25) is 4.79 Å². The van der Waals surface area contributed by atoms with E-state index in [9.17, 15) is 4.79 Å². The Morgan fingerprint density at radius 2 is 2.35 bits per heavy atom. The van der Waals surface area contributed by atoms with Gasteiger partial charge >= 0.3 is 0 Å². The molecule has 0 spiro atoms. The van der Waals surface area contributed by atoms with E-state index in [2.05, 4.69) is 27.9 Å². The maximum atomic E-state index is 12.2. The smallest absolute Gasteiger partial charge is 0.220 e. The molecule has 1 fully saturated rings. The third-order valence-electron chi connectivity index (χ3n) is 5.06. The topological polar surface area (TPSA) is 60.1 Å². The van der Waals surface area contributed by atoms with E-state index in [1.807, 2.05) is 18.5 Å². The third-order valence-corrected chi connectivity index (χ3v) is 5.06. The minimum Gasteiger partial charge on any atom is -0.466 e. The van der Waals surface area contributed by atoms with E-state index >= 15 is 0 Å². The number of hydrogen-bond donors (Lipinski definition) is 1. The first kappa shape index (κ1) is 14.5. The molecule has 2 aromatic rings. The van der Waals surface area contributed by atoms with Gasteiger partial charge in [0.05, 0.1) is 0 Å². The van der Waals surface area contributed by atoms with Crippen molar-refractivity contribution < 1.29 is 9.21 Å². The predicted molar refractivity (Wildman–Crippen MR) is 86.0 cm³/mol. The molecular formula is C18H23N3O2. The van der Waals surface area contributed by atoms with E-state index < -0.39 is 0 Å². The first-order valence-electron chi connectivity index (χ1n) is 8.57. The molecule has 122 valence electrons. The van der Waals surface area contributed by atoms with Crippen molar-refractivity contribution in [1.29, 1.82) is 0 Å². The zero-order valence-corrected chi connectivity index (χ0v) is 13.5. The van der Waals surface area contributed by atoms with E-state index in [-0.39, 0.29) is 11.9 Å². The van der Waals surface area contributed by atoms with Crippen LogP contribution in [0.4, 0.5) is 0 Å². The van der Waals surface area contributed by atoms with Gasteiger partial charge in [0.1, 0.15) is 17.3 Å². The molecule has 2 aliphatic rings. The monoisotopic (exact) mass is 313 g/mol. The van der Waals surface area contributed by atoms with Crippen molar-refractivity contribution in [3.8, 4) is 0 Å². The van der Waals surface area contributed by atoms with Crippen LogP contribution in [0.3, 0.4) is 0 Å². The van der Waals surface area contributed by atoms with Crippen molar-refractivity contribution in [3.05, 3.63) is 41.9 Å². The summed E-state index contributed by atoms with van der Waals surface area (Å²) in [5, 5.41) is 3.14. The van der Waals surface area contributed by atoms with Crippen LogP contribution < -0.4 is 5.32 Å². The molecule has 3 atom stereocenters. The van der Waals surface area contributed by atoms with Gasteiger partial charge in [-0.1, -0.05) is 6.92 Å². The molecule has 1 aliphatic heterocycles. The van der Waals surface area contributed by atoms with Crippen molar-refractivity contribution in [3.63, 3.8) is 0 Å². The number of carbonyl (C=O) groups is 1. The highest BCUT2D eigenvalue weighted by Gasteiger charge is 2.36. The van der Waals surface area contributed by atoms with Crippen LogP contribution in [-0.4, -0.2) is 21.5 Å². The van der Waals surface area contributed by atoms with Crippen LogP contribution in [0.15, 0.2) is 28.9 Å². The van der Waals surface area contributed by atoms with Gasteiger partial charge in [0, 0.05) is 50.2 Å². The number of carbonyl (C=O) groups excluding carboxylic acids is 1. The second kappa shape index (κ2) is 5.87. The Balaban J connectivity index is 1.25. The molecule has 0 aromatic carbocycles. The fraction of sp³-hybridized carbons (Fsp3) is 0.556. The lowest BCUT2D eigenvalue weighted by molar-refractivity contribution is -0.122. The average molecular weight is 313 g/mol. The summed E-state index contributed by atoms with van der Waals surface area (Å²) in [6.45, 7) is 3.07. The minimum atomic E-state index is 0.108. The first-order chi connectivity index (χ1) is 11.2. The van der Waals surface area contributed by atoms with Gasteiger partial charge < -0.3 is 14.3 Å². The van der Waals surface area contributed by atoms with Crippen LogP contribution in [0.5, 0.6) is 0 Å². The first-order valence-corrected chi connectivity index (χ1v) is 8.57. The average Bonchev–Trinajstić information content (AvgIpc) is 2.95. The molecule has 3 unspecified atom stereocenters. The molecule has 1 amide bonds. The van der Waals surface area contributed by atoms with Crippen LogP contribution in [0, 0.1) is 5.92 Å². The second-order valence-electron chi connectivity index (χ2n) is 6.92. The Bertz CT molecular complexity index is 703. The summed E-state index contributed by atoms with van der Waals surface area (Å²) >= 11 is 0. The molecule has 3 heterocycles. The van der Waals surface area contributed by atoms with E-state index in [0.29, 0.717) is 18.8 Å². The molecular weight excluding hydrogens is 290 g/mol. The molecule has 0 saturated heterocycles. The van der Waals surface area contributed by atoms with Crippen molar-refractivity contribution in [2.45, 2.75) is 57.5 Å². The highest BCUT2D eigenvalue weighted by Crippen LogP contribution is 2.47. The molecule has 1 saturated carbocycles. The van der Waals surface area contributed by atoms with E-state index in [1.54, 1.807) is 0 Å². The van der Waals surface area contributed by atoms with Gasteiger partial charge in [0.25, 0.3) is 0 Å². The highest BCUT2D eigenvalue weighted by atomic mass is 16.3. The largest absolute Gasteiger partial charge is 0.466 e. The number of furan rings is 1. The standard InChI is InChI=1S/C18H23N3O2/c1-12-10-15(12)16-5-3-14(23-16)4-7-18(22)20-13-2-6-17-19-8-9-21(17)11-13/h3,5,8-9,12-13,15H,2,4,6-7,10-11H2,1H3,(H,20,22). The summed E-state index contributed by atoms with van der Waals surface area (Å²) in [5.74, 6) is 4.59. The lowest BCUT2D eigenvalue weighted by Gasteiger charge is -2.24. The Morgan fingerprint density at radius 3 is 3.17 bits per heavy atom. The molecule has 4 rings (SSSR count). The zero-order chi connectivity index (χ0) is 15.8. The summed E-state index contributed by atoms with van der Waals surface area (Å²) in [7, 11) is 0. The quantitative estimate of drug-likeness (QED) is 0.923. The number of nitrogens with one attached hydrogen (secondary N) is 1. The number of amides is 1. The summed E-state index contributed by atoms with van der Waals surface area (Å²) in [4.78, 5) is 16.5. The van der Waals surface area contributed by atoms with Gasteiger partial charge in [0.15, 0.2) is 0 Å². The number of aryl methyl sites for hydroxylation is 2.